The van der Waals surface area contributed by atoms with Crippen LogP contribution in [0.15, 0.2) is 18.2 Å². The van der Waals surface area contributed by atoms with Crippen LogP contribution in [0.2, 0.25) is 0 Å². The standard InChI is InChI=1S/C14H22N2/c1-11-5-6-12-10-15-7-8-16(13(12)9-11)14(2,3)4/h5-6,9,15H,7-8,10H2,1-4H3. The van der Waals surface area contributed by atoms with Gasteiger partial charge < -0.3 is 10.2 Å². The summed E-state index contributed by atoms with van der Waals surface area (Å²) in [5.41, 5.74) is 4.35. The summed E-state index contributed by atoms with van der Waals surface area (Å²) in [6, 6.07) is 6.77. The van der Waals surface area contributed by atoms with E-state index in [1.54, 1.807) is 0 Å². The van der Waals surface area contributed by atoms with Gasteiger partial charge in [0.25, 0.3) is 0 Å². The van der Waals surface area contributed by atoms with E-state index >= 15 is 0 Å². The lowest BCUT2D eigenvalue weighted by atomic mass is 10.0. The third kappa shape index (κ3) is 2.22. The fraction of sp³-hybridized carbons (Fsp3) is 0.571. The van der Waals surface area contributed by atoms with Crippen molar-refractivity contribution in [2.24, 2.45) is 0 Å². The van der Waals surface area contributed by atoms with Gasteiger partial charge in [0.2, 0.25) is 0 Å². The highest BCUT2D eigenvalue weighted by molar-refractivity contribution is 5.57. The quantitative estimate of drug-likeness (QED) is 0.720. The fourth-order valence-electron chi connectivity index (χ4n) is 2.31. The van der Waals surface area contributed by atoms with Gasteiger partial charge in [-0.1, -0.05) is 12.1 Å². The van der Waals surface area contributed by atoms with Crippen LogP contribution < -0.4 is 10.2 Å². The molecule has 0 spiro atoms. The van der Waals surface area contributed by atoms with Gasteiger partial charge in [-0.15, -0.1) is 0 Å². The molecule has 0 radical (unpaired) electrons. The van der Waals surface area contributed by atoms with E-state index < -0.39 is 0 Å². The maximum Gasteiger partial charge on any atom is 0.0419 e. The molecule has 0 saturated heterocycles. The Morgan fingerprint density at radius 2 is 2.00 bits per heavy atom. The minimum absolute atomic E-state index is 0.189. The van der Waals surface area contributed by atoms with Gasteiger partial charge in [-0.25, -0.2) is 0 Å². The molecule has 0 atom stereocenters. The van der Waals surface area contributed by atoms with E-state index in [-0.39, 0.29) is 5.54 Å². The van der Waals surface area contributed by atoms with Crippen LogP contribution in [0.3, 0.4) is 0 Å². The van der Waals surface area contributed by atoms with Crippen LogP contribution in [0, 0.1) is 6.92 Å². The molecule has 1 aromatic rings. The first kappa shape index (κ1) is 11.5. The Bertz CT molecular complexity index is 377. The lowest BCUT2D eigenvalue weighted by Crippen LogP contribution is -2.43. The van der Waals surface area contributed by atoms with Crippen LogP contribution in [0.1, 0.15) is 31.9 Å². The van der Waals surface area contributed by atoms with E-state index in [0.717, 1.165) is 19.6 Å². The first-order chi connectivity index (χ1) is 7.48. The zero-order valence-corrected chi connectivity index (χ0v) is 10.8. The highest BCUT2D eigenvalue weighted by atomic mass is 15.2. The summed E-state index contributed by atoms with van der Waals surface area (Å²) in [4.78, 5) is 2.51. The smallest absolute Gasteiger partial charge is 0.0419 e. The Morgan fingerprint density at radius 1 is 1.25 bits per heavy atom. The molecule has 1 aliphatic heterocycles. The normalized spacial score (nSPS) is 16.9. The molecular formula is C14H22N2. The molecule has 0 aliphatic carbocycles. The molecule has 2 rings (SSSR count). The topological polar surface area (TPSA) is 15.3 Å². The average molecular weight is 218 g/mol. The third-order valence-electron chi connectivity index (χ3n) is 3.17. The largest absolute Gasteiger partial charge is 0.365 e. The van der Waals surface area contributed by atoms with Crippen molar-refractivity contribution in [1.29, 1.82) is 0 Å². The molecule has 0 saturated carbocycles. The van der Waals surface area contributed by atoms with Crippen molar-refractivity contribution in [2.75, 3.05) is 18.0 Å². The lowest BCUT2D eigenvalue weighted by molar-refractivity contribution is 0.502. The molecule has 0 unspecified atom stereocenters. The predicted octanol–water partition coefficient (Wildman–Crippen LogP) is 2.70. The van der Waals surface area contributed by atoms with Crippen LogP contribution in [0.25, 0.3) is 0 Å². The Morgan fingerprint density at radius 3 is 2.69 bits per heavy atom. The molecule has 2 nitrogen and oxygen atoms in total. The molecule has 1 N–H and O–H groups in total. The number of aryl methyl sites for hydroxylation is 1. The van der Waals surface area contributed by atoms with Gasteiger partial charge in [0, 0.05) is 30.9 Å². The molecular weight excluding hydrogens is 196 g/mol. The van der Waals surface area contributed by atoms with E-state index in [1.165, 1.54) is 16.8 Å². The molecule has 0 amide bonds. The van der Waals surface area contributed by atoms with Crippen molar-refractivity contribution in [3.05, 3.63) is 29.3 Å². The van der Waals surface area contributed by atoms with Crippen molar-refractivity contribution in [3.63, 3.8) is 0 Å². The number of hydrogen-bond donors (Lipinski definition) is 1. The maximum absolute atomic E-state index is 3.48. The summed E-state index contributed by atoms with van der Waals surface area (Å²) in [7, 11) is 0. The summed E-state index contributed by atoms with van der Waals surface area (Å²) in [6.07, 6.45) is 0. The van der Waals surface area contributed by atoms with Crippen molar-refractivity contribution in [1.82, 2.24) is 5.32 Å². The molecule has 1 heterocycles. The first-order valence-electron chi connectivity index (χ1n) is 6.06. The molecule has 0 bridgehead atoms. The Balaban J connectivity index is 2.47. The first-order valence-corrected chi connectivity index (χ1v) is 6.06. The summed E-state index contributed by atoms with van der Waals surface area (Å²) in [5, 5.41) is 3.48. The van der Waals surface area contributed by atoms with Gasteiger partial charge in [-0.3, -0.25) is 0 Å². The van der Waals surface area contributed by atoms with E-state index in [0.29, 0.717) is 0 Å². The fourth-order valence-corrected chi connectivity index (χ4v) is 2.31. The molecule has 16 heavy (non-hydrogen) atoms. The van der Waals surface area contributed by atoms with Crippen molar-refractivity contribution >= 4 is 5.69 Å². The van der Waals surface area contributed by atoms with Gasteiger partial charge in [0.15, 0.2) is 0 Å². The Kier molecular flexibility index (Phi) is 2.94. The number of benzene rings is 1. The lowest BCUT2D eigenvalue weighted by Gasteiger charge is -2.38. The number of rotatable bonds is 0. The minimum atomic E-state index is 0.189. The van der Waals surface area contributed by atoms with E-state index in [4.69, 9.17) is 0 Å². The second-order valence-corrected chi connectivity index (χ2v) is 5.63. The zero-order chi connectivity index (χ0) is 11.8. The number of nitrogens with one attached hydrogen (secondary N) is 1. The van der Waals surface area contributed by atoms with Gasteiger partial charge in [-0.05, 0) is 44.9 Å². The van der Waals surface area contributed by atoms with Crippen LogP contribution in [-0.4, -0.2) is 18.6 Å². The summed E-state index contributed by atoms with van der Waals surface area (Å²) in [6.45, 7) is 12.1. The van der Waals surface area contributed by atoms with Gasteiger partial charge in [0.1, 0.15) is 0 Å². The van der Waals surface area contributed by atoms with E-state index in [2.05, 4.69) is 56.1 Å². The predicted molar refractivity (Wildman–Crippen MR) is 70.0 cm³/mol. The third-order valence-corrected chi connectivity index (χ3v) is 3.17. The second kappa shape index (κ2) is 4.10. The highest BCUT2D eigenvalue weighted by Gasteiger charge is 2.24. The van der Waals surface area contributed by atoms with Crippen LogP contribution in [0.4, 0.5) is 5.69 Å². The number of fused-ring (bicyclic) bond motifs is 1. The van der Waals surface area contributed by atoms with Gasteiger partial charge in [-0.2, -0.15) is 0 Å². The van der Waals surface area contributed by atoms with Crippen LogP contribution in [-0.2, 0) is 6.54 Å². The SMILES string of the molecule is Cc1ccc2c(c1)N(C(C)(C)C)CCNC2. The molecule has 0 aromatic heterocycles. The molecule has 1 aliphatic rings. The average Bonchev–Trinajstić information content (AvgIpc) is 2.38. The Hall–Kier alpha value is -1.02. The van der Waals surface area contributed by atoms with Gasteiger partial charge >= 0.3 is 0 Å². The number of hydrogen-bond acceptors (Lipinski definition) is 2. The highest BCUT2D eigenvalue weighted by Crippen LogP contribution is 2.29. The van der Waals surface area contributed by atoms with E-state index in [1.807, 2.05) is 0 Å². The summed E-state index contributed by atoms with van der Waals surface area (Å²) < 4.78 is 0. The molecule has 0 fully saturated rings. The maximum atomic E-state index is 3.48. The van der Waals surface area contributed by atoms with Crippen LogP contribution in [0.5, 0.6) is 0 Å². The van der Waals surface area contributed by atoms with Crippen molar-refractivity contribution in [2.45, 2.75) is 39.8 Å². The molecule has 1 aromatic carbocycles. The van der Waals surface area contributed by atoms with E-state index in [9.17, 15) is 0 Å². The van der Waals surface area contributed by atoms with Gasteiger partial charge in [0.05, 0.1) is 0 Å². The summed E-state index contributed by atoms with van der Waals surface area (Å²) in [5.74, 6) is 0. The number of anilines is 1. The Labute approximate surface area is 98.7 Å². The van der Waals surface area contributed by atoms with Crippen LogP contribution >= 0.6 is 0 Å². The molecule has 2 heteroatoms. The monoisotopic (exact) mass is 218 g/mol. The number of nitrogens with zero attached hydrogens (tertiary/aromatic N) is 1. The second-order valence-electron chi connectivity index (χ2n) is 5.63. The molecule has 88 valence electrons. The zero-order valence-electron chi connectivity index (χ0n) is 10.8. The van der Waals surface area contributed by atoms with Crippen molar-refractivity contribution < 1.29 is 0 Å². The summed E-state index contributed by atoms with van der Waals surface area (Å²) >= 11 is 0. The van der Waals surface area contributed by atoms with Crippen molar-refractivity contribution in [3.8, 4) is 0 Å². The minimum Gasteiger partial charge on any atom is -0.365 e.